The van der Waals surface area contributed by atoms with Crippen LogP contribution in [0.2, 0.25) is 0 Å². The van der Waals surface area contributed by atoms with Crippen molar-refractivity contribution < 1.29 is 20.1 Å². The molecule has 114 valence electrons. The summed E-state index contributed by atoms with van der Waals surface area (Å²) in [6.45, 7) is 4.53. The summed E-state index contributed by atoms with van der Waals surface area (Å²) in [6, 6.07) is 8.27. The molecule has 0 fully saturated rings. The highest BCUT2D eigenvalue weighted by molar-refractivity contribution is 5.97. The predicted octanol–water partition coefficient (Wildman–Crippen LogP) is 1.99. The highest BCUT2D eigenvalue weighted by Gasteiger charge is 2.12. The number of phenolic OH excluding ortho intramolecular Hbond substituents is 2. The van der Waals surface area contributed by atoms with Crippen LogP contribution in [-0.4, -0.2) is 40.6 Å². The first-order valence-electron chi connectivity index (χ1n) is 6.97. The number of ether oxygens (including phenoxy) is 1. The summed E-state index contributed by atoms with van der Waals surface area (Å²) in [5.74, 6) is 0.549. The maximum Gasteiger partial charge on any atom is 0.131 e. The number of aliphatic hydroxyl groups excluding tert-OH is 1. The number of hydrogen-bond donors (Lipinski definition) is 4. The monoisotopic (exact) mass is 291 g/mol. The second kappa shape index (κ2) is 6.65. The molecule has 0 spiro atoms. The van der Waals surface area contributed by atoms with E-state index in [4.69, 9.17) is 4.74 Å². The summed E-state index contributed by atoms with van der Waals surface area (Å²) in [5, 5.41) is 33.7. The molecule has 1 unspecified atom stereocenters. The molecule has 21 heavy (non-hydrogen) atoms. The van der Waals surface area contributed by atoms with Crippen molar-refractivity contribution in [2.45, 2.75) is 26.0 Å². The minimum atomic E-state index is -0.651. The van der Waals surface area contributed by atoms with Crippen LogP contribution in [0.25, 0.3) is 10.8 Å². The Hall–Kier alpha value is -1.98. The number of aliphatic hydroxyl groups is 1. The van der Waals surface area contributed by atoms with E-state index >= 15 is 0 Å². The van der Waals surface area contributed by atoms with E-state index in [-0.39, 0.29) is 24.1 Å². The Morgan fingerprint density at radius 1 is 1.10 bits per heavy atom. The highest BCUT2D eigenvalue weighted by atomic mass is 16.5. The van der Waals surface area contributed by atoms with E-state index in [1.165, 1.54) is 12.1 Å². The van der Waals surface area contributed by atoms with Crippen LogP contribution >= 0.6 is 0 Å². The van der Waals surface area contributed by atoms with Crippen molar-refractivity contribution in [3.63, 3.8) is 0 Å². The van der Waals surface area contributed by atoms with Gasteiger partial charge in [-0.15, -0.1) is 0 Å². The van der Waals surface area contributed by atoms with Crippen LogP contribution in [0, 0.1) is 0 Å². The van der Waals surface area contributed by atoms with Crippen molar-refractivity contribution in [2.75, 3.05) is 13.2 Å². The fourth-order valence-electron chi connectivity index (χ4n) is 2.08. The third-order valence-electron chi connectivity index (χ3n) is 3.15. The van der Waals surface area contributed by atoms with Gasteiger partial charge in [-0.3, -0.25) is 0 Å². The van der Waals surface area contributed by atoms with Crippen molar-refractivity contribution in [1.82, 2.24) is 5.32 Å². The van der Waals surface area contributed by atoms with Gasteiger partial charge in [-0.25, -0.2) is 0 Å². The van der Waals surface area contributed by atoms with Gasteiger partial charge in [0.2, 0.25) is 0 Å². The number of phenols is 2. The number of aromatic hydroxyl groups is 2. The lowest BCUT2D eigenvalue weighted by Crippen LogP contribution is -2.35. The molecular formula is C16H21NO4. The Morgan fingerprint density at radius 2 is 1.86 bits per heavy atom. The lowest BCUT2D eigenvalue weighted by Gasteiger charge is -2.16. The molecule has 1 atom stereocenters. The first kappa shape index (κ1) is 15.4. The summed E-state index contributed by atoms with van der Waals surface area (Å²) in [5.41, 5.74) is 0. The Labute approximate surface area is 123 Å². The molecular weight excluding hydrogens is 270 g/mol. The first-order chi connectivity index (χ1) is 9.99. The summed E-state index contributed by atoms with van der Waals surface area (Å²) >= 11 is 0. The van der Waals surface area contributed by atoms with Crippen molar-refractivity contribution >= 4 is 10.8 Å². The van der Waals surface area contributed by atoms with Crippen molar-refractivity contribution in [1.29, 1.82) is 0 Å². The average molecular weight is 291 g/mol. The average Bonchev–Trinajstić information content (AvgIpc) is 2.45. The van der Waals surface area contributed by atoms with E-state index < -0.39 is 6.10 Å². The molecule has 4 N–H and O–H groups in total. The van der Waals surface area contributed by atoms with Gasteiger partial charge < -0.3 is 25.4 Å². The van der Waals surface area contributed by atoms with Gasteiger partial charge in [0.25, 0.3) is 0 Å². The van der Waals surface area contributed by atoms with Crippen LogP contribution < -0.4 is 10.1 Å². The Bertz CT molecular complexity index is 612. The maximum absolute atomic E-state index is 9.95. The van der Waals surface area contributed by atoms with E-state index in [2.05, 4.69) is 5.32 Å². The van der Waals surface area contributed by atoms with Gasteiger partial charge in [-0.1, -0.05) is 26.0 Å². The van der Waals surface area contributed by atoms with Gasteiger partial charge in [0.1, 0.15) is 30.0 Å². The summed E-state index contributed by atoms with van der Waals surface area (Å²) in [6.07, 6.45) is -0.651. The largest absolute Gasteiger partial charge is 0.507 e. The third-order valence-corrected chi connectivity index (χ3v) is 3.15. The fraction of sp³-hybridized carbons (Fsp3) is 0.375. The number of fused-ring (bicyclic) bond motifs is 1. The number of nitrogens with one attached hydrogen (secondary N) is 1. The second-order valence-electron chi connectivity index (χ2n) is 5.31. The second-order valence-corrected chi connectivity index (χ2v) is 5.31. The predicted molar refractivity (Wildman–Crippen MR) is 81.9 cm³/mol. The summed E-state index contributed by atoms with van der Waals surface area (Å²) < 4.78 is 5.59. The van der Waals surface area contributed by atoms with Gasteiger partial charge in [-0.2, -0.15) is 0 Å². The molecule has 0 radical (unpaired) electrons. The quantitative estimate of drug-likeness (QED) is 0.654. The zero-order valence-electron chi connectivity index (χ0n) is 12.2. The molecule has 0 heterocycles. The molecule has 5 nitrogen and oxygen atoms in total. The Balaban J connectivity index is 2.14. The van der Waals surface area contributed by atoms with Gasteiger partial charge in [0.15, 0.2) is 0 Å². The van der Waals surface area contributed by atoms with E-state index in [9.17, 15) is 15.3 Å². The van der Waals surface area contributed by atoms with Gasteiger partial charge in [0.05, 0.1) is 5.39 Å². The van der Waals surface area contributed by atoms with E-state index in [1.54, 1.807) is 18.2 Å². The normalized spacial score (nSPS) is 12.8. The molecule has 0 saturated carbocycles. The van der Waals surface area contributed by atoms with E-state index in [0.29, 0.717) is 23.1 Å². The summed E-state index contributed by atoms with van der Waals surface area (Å²) in [4.78, 5) is 0. The van der Waals surface area contributed by atoms with Gasteiger partial charge in [-0.05, 0) is 18.2 Å². The van der Waals surface area contributed by atoms with Crippen LogP contribution in [0.15, 0.2) is 30.3 Å². The van der Waals surface area contributed by atoms with Crippen LogP contribution in [0.5, 0.6) is 17.2 Å². The van der Waals surface area contributed by atoms with Crippen LogP contribution in [-0.2, 0) is 0 Å². The first-order valence-corrected chi connectivity index (χ1v) is 6.97. The smallest absolute Gasteiger partial charge is 0.131 e. The minimum Gasteiger partial charge on any atom is -0.507 e. The van der Waals surface area contributed by atoms with E-state index in [1.807, 2.05) is 13.8 Å². The maximum atomic E-state index is 9.95. The Kier molecular flexibility index (Phi) is 4.88. The molecule has 0 amide bonds. The van der Waals surface area contributed by atoms with Crippen molar-refractivity contribution in [3.05, 3.63) is 30.3 Å². The van der Waals surface area contributed by atoms with Crippen LogP contribution in [0.1, 0.15) is 13.8 Å². The fourth-order valence-corrected chi connectivity index (χ4v) is 2.08. The molecule has 0 saturated heterocycles. The molecule has 0 bridgehead atoms. The van der Waals surface area contributed by atoms with E-state index in [0.717, 1.165) is 0 Å². The highest BCUT2D eigenvalue weighted by Crippen LogP contribution is 2.37. The lowest BCUT2D eigenvalue weighted by atomic mass is 10.1. The number of benzene rings is 2. The van der Waals surface area contributed by atoms with Crippen LogP contribution in [0.3, 0.4) is 0 Å². The number of rotatable bonds is 6. The molecule has 0 aliphatic carbocycles. The zero-order chi connectivity index (χ0) is 15.4. The molecule has 2 aromatic rings. The summed E-state index contributed by atoms with van der Waals surface area (Å²) in [7, 11) is 0. The van der Waals surface area contributed by atoms with Crippen molar-refractivity contribution in [3.8, 4) is 17.2 Å². The molecule has 0 aliphatic rings. The molecule has 0 aromatic heterocycles. The van der Waals surface area contributed by atoms with Gasteiger partial charge in [0, 0.05) is 18.0 Å². The minimum absolute atomic E-state index is 0.0354. The standard InChI is InChI=1S/C16H21NO4/c1-10(2)17-8-11(18)9-21-15-7-6-13(19)12-4-3-5-14(20)16(12)15/h3-7,10-11,17-20H,8-9H2,1-2H3. The molecule has 2 rings (SSSR count). The number of hydrogen-bond acceptors (Lipinski definition) is 5. The van der Waals surface area contributed by atoms with Crippen molar-refractivity contribution in [2.24, 2.45) is 0 Å². The van der Waals surface area contributed by atoms with Crippen LogP contribution in [0.4, 0.5) is 0 Å². The zero-order valence-corrected chi connectivity index (χ0v) is 12.2. The third kappa shape index (κ3) is 3.77. The SMILES string of the molecule is CC(C)NCC(O)COc1ccc(O)c2cccc(O)c12. The topological polar surface area (TPSA) is 82.0 Å². The molecule has 2 aromatic carbocycles. The lowest BCUT2D eigenvalue weighted by molar-refractivity contribution is 0.105. The molecule has 5 heteroatoms. The van der Waals surface area contributed by atoms with Gasteiger partial charge >= 0.3 is 0 Å². The molecule has 0 aliphatic heterocycles. The Morgan fingerprint density at radius 3 is 2.57 bits per heavy atom.